The molecule has 0 bridgehead atoms. The quantitative estimate of drug-likeness (QED) is 0.441. The highest BCUT2D eigenvalue weighted by molar-refractivity contribution is 5.97. The van der Waals surface area contributed by atoms with Gasteiger partial charge in [-0.05, 0) is 25.5 Å². The summed E-state index contributed by atoms with van der Waals surface area (Å²) in [5.41, 5.74) is 1.18. The lowest BCUT2D eigenvalue weighted by molar-refractivity contribution is -0.144. The number of carbonyl (C=O) groups excluding carboxylic acids is 1. The van der Waals surface area contributed by atoms with Crippen LogP contribution in [0.25, 0.3) is 6.08 Å². The van der Waals surface area contributed by atoms with Gasteiger partial charge in [0, 0.05) is 11.5 Å². The zero-order valence-electron chi connectivity index (χ0n) is 10.1. The largest absolute Gasteiger partial charge is 0.455 e. The number of benzene rings is 1. The lowest BCUT2D eigenvalue weighted by atomic mass is 9.86. The Bertz CT molecular complexity index is 469. The molecule has 1 fully saturated rings. The van der Waals surface area contributed by atoms with Crippen LogP contribution in [0.1, 0.15) is 19.4 Å². The van der Waals surface area contributed by atoms with Gasteiger partial charge in [0.15, 0.2) is 0 Å². The number of cyclic esters (lactones) is 1. The molecular weight excluding hydrogens is 212 g/mol. The lowest BCUT2D eigenvalue weighted by Gasteiger charge is -2.21. The minimum Gasteiger partial charge on any atom is -0.455 e. The van der Waals surface area contributed by atoms with E-state index in [2.05, 4.69) is 6.58 Å². The van der Waals surface area contributed by atoms with Gasteiger partial charge in [-0.2, -0.15) is 0 Å². The summed E-state index contributed by atoms with van der Waals surface area (Å²) in [7, 11) is 0. The number of hydrogen-bond acceptors (Lipinski definition) is 2. The Balaban J connectivity index is 2.41. The van der Waals surface area contributed by atoms with E-state index < -0.39 is 5.60 Å². The van der Waals surface area contributed by atoms with E-state index in [0.29, 0.717) is 5.57 Å². The molecule has 2 rings (SSSR count). The van der Waals surface area contributed by atoms with Crippen LogP contribution in [0, 0.1) is 5.92 Å². The van der Waals surface area contributed by atoms with E-state index in [4.69, 9.17) is 4.74 Å². The van der Waals surface area contributed by atoms with Gasteiger partial charge in [-0.3, -0.25) is 0 Å². The fraction of sp³-hybridized carbons (Fsp3) is 0.267. The fourth-order valence-corrected chi connectivity index (χ4v) is 2.15. The van der Waals surface area contributed by atoms with Crippen molar-refractivity contribution in [2.75, 3.05) is 0 Å². The predicted molar refractivity (Wildman–Crippen MR) is 68.3 cm³/mol. The van der Waals surface area contributed by atoms with Gasteiger partial charge in [-0.1, -0.05) is 36.4 Å². The molecule has 1 aromatic rings. The molecule has 2 nitrogen and oxygen atoms in total. The molecule has 0 amide bonds. The molecule has 1 unspecified atom stereocenters. The predicted octanol–water partition coefficient (Wildman–Crippen LogP) is 3.21. The maximum absolute atomic E-state index is 11.8. The zero-order chi connectivity index (χ0) is 12.5. The highest BCUT2D eigenvalue weighted by Gasteiger charge is 2.44. The molecule has 1 aromatic carbocycles. The number of hydrogen-bond donors (Lipinski definition) is 0. The van der Waals surface area contributed by atoms with Crippen molar-refractivity contribution in [3.8, 4) is 0 Å². The van der Waals surface area contributed by atoms with Crippen molar-refractivity contribution in [2.24, 2.45) is 5.92 Å². The van der Waals surface area contributed by atoms with Crippen molar-refractivity contribution >= 4 is 12.0 Å². The Morgan fingerprint density at radius 2 is 1.94 bits per heavy atom. The standard InChI is InChI=1S/C15H16O2/c1-4-13-12(14(16)17-15(13,2)3)10-11-8-6-5-7-9-11/h4-10,13H,1H2,2-3H3/b12-10+. The molecule has 0 aliphatic carbocycles. The molecule has 1 atom stereocenters. The minimum atomic E-state index is -0.501. The highest BCUT2D eigenvalue weighted by Crippen LogP contribution is 2.38. The third-order valence-electron chi connectivity index (χ3n) is 3.03. The first-order valence-electron chi connectivity index (χ1n) is 5.67. The van der Waals surface area contributed by atoms with Crippen molar-refractivity contribution in [2.45, 2.75) is 19.4 Å². The molecule has 0 radical (unpaired) electrons. The minimum absolute atomic E-state index is 0.0600. The molecule has 17 heavy (non-hydrogen) atoms. The number of rotatable bonds is 2. The van der Waals surface area contributed by atoms with Crippen LogP contribution in [0.2, 0.25) is 0 Å². The first-order valence-corrected chi connectivity index (χ1v) is 5.67. The summed E-state index contributed by atoms with van der Waals surface area (Å²) >= 11 is 0. The Labute approximate surface area is 102 Å². The zero-order valence-corrected chi connectivity index (χ0v) is 10.1. The van der Waals surface area contributed by atoms with E-state index in [1.54, 1.807) is 6.08 Å². The summed E-state index contributed by atoms with van der Waals surface area (Å²) in [6, 6.07) is 9.77. The van der Waals surface area contributed by atoms with Crippen molar-refractivity contribution < 1.29 is 9.53 Å². The first kappa shape index (κ1) is 11.6. The Kier molecular flexibility index (Phi) is 2.88. The molecule has 1 heterocycles. The van der Waals surface area contributed by atoms with Crippen LogP contribution in [-0.4, -0.2) is 11.6 Å². The third-order valence-corrected chi connectivity index (χ3v) is 3.03. The van der Waals surface area contributed by atoms with Crippen LogP contribution in [0.5, 0.6) is 0 Å². The molecule has 0 aromatic heterocycles. The van der Waals surface area contributed by atoms with Crippen LogP contribution < -0.4 is 0 Å². The van der Waals surface area contributed by atoms with Gasteiger partial charge < -0.3 is 4.74 Å². The molecule has 0 spiro atoms. The van der Waals surface area contributed by atoms with E-state index in [1.165, 1.54) is 0 Å². The highest BCUT2D eigenvalue weighted by atomic mass is 16.6. The third kappa shape index (κ3) is 2.16. The molecule has 1 aliphatic heterocycles. The van der Waals surface area contributed by atoms with Crippen molar-refractivity contribution in [1.82, 2.24) is 0 Å². The summed E-state index contributed by atoms with van der Waals surface area (Å²) in [5, 5.41) is 0. The van der Waals surface area contributed by atoms with Gasteiger partial charge in [0.2, 0.25) is 0 Å². The van der Waals surface area contributed by atoms with E-state index in [9.17, 15) is 4.79 Å². The average Bonchev–Trinajstić information content (AvgIpc) is 2.49. The van der Waals surface area contributed by atoms with E-state index in [1.807, 2.05) is 50.3 Å². The number of ether oxygens (including phenoxy) is 1. The lowest BCUT2D eigenvalue weighted by Crippen LogP contribution is -2.26. The maximum atomic E-state index is 11.8. The van der Waals surface area contributed by atoms with Crippen LogP contribution in [0.3, 0.4) is 0 Å². The SMILES string of the molecule is C=CC1/C(=C\c2ccccc2)C(=O)OC1(C)C. The Morgan fingerprint density at radius 1 is 1.29 bits per heavy atom. The van der Waals surface area contributed by atoms with Crippen molar-refractivity contribution in [3.63, 3.8) is 0 Å². The topological polar surface area (TPSA) is 26.3 Å². The number of carbonyl (C=O) groups is 1. The van der Waals surface area contributed by atoms with Gasteiger partial charge in [0.05, 0.1) is 0 Å². The first-order chi connectivity index (χ1) is 8.04. The summed E-state index contributed by atoms with van der Waals surface area (Å²) < 4.78 is 5.36. The second kappa shape index (κ2) is 4.21. The number of esters is 1. The van der Waals surface area contributed by atoms with E-state index >= 15 is 0 Å². The van der Waals surface area contributed by atoms with Crippen molar-refractivity contribution in [1.29, 1.82) is 0 Å². The molecule has 0 saturated carbocycles. The molecule has 2 heteroatoms. The van der Waals surface area contributed by atoms with Gasteiger partial charge >= 0.3 is 5.97 Å². The molecule has 0 N–H and O–H groups in total. The van der Waals surface area contributed by atoms with Gasteiger partial charge in [-0.15, -0.1) is 6.58 Å². The Hall–Kier alpha value is -1.83. The Morgan fingerprint density at radius 3 is 2.53 bits per heavy atom. The summed E-state index contributed by atoms with van der Waals surface area (Å²) in [6.07, 6.45) is 3.66. The monoisotopic (exact) mass is 228 g/mol. The molecular formula is C15H16O2. The van der Waals surface area contributed by atoms with Crippen LogP contribution >= 0.6 is 0 Å². The average molecular weight is 228 g/mol. The summed E-state index contributed by atoms with van der Waals surface area (Å²) in [5.74, 6) is -0.307. The van der Waals surface area contributed by atoms with E-state index in [-0.39, 0.29) is 11.9 Å². The van der Waals surface area contributed by atoms with Crippen LogP contribution in [0.4, 0.5) is 0 Å². The van der Waals surface area contributed by atoms with Gasteiger partial charge in [0.1, 0.15) is 5.60 Å². The van der Waals surface area contributed by atoms with E-state index in [0.717, 1.165) is 5.56 Å². The van der Waals surface area contributed by atoms with Crippen molar-refractivity contribution in [3.05, 3.63) is 54.1 Å². The molecule has 88 valence electrons. The van der Waals surface area contributed by atoms with Gasteiger partial charge in [-0.25, -0.2) is 4.79 Å². The maximum Gasteiger partial charge on any atom is 0.335 e. The van der Waals surface area contributed by atoms with Crippen LogP contribution in [0.15, 0.2) is 48.6 Å². The molecule has 1 aliphatic rings. The van der Waals surface area contributed by atoms with Crippen LogP contribution in [-0.2, 0) is 9.53 Å². The smallest absolute Gasteiger partial charge is 0.335 e. The molecule has 1 saturated heterocycles. The fourth-order valence-electron chi connectivity index (χ4n) is 2.15. The summed E-state index contributed by atoms with van der Waals surface area (Å²) in [6.45, 7) is 7.60. The van der Waals surface area contributed by atoms with Gasteiger partial charge in [0.25, 0.3) is 0 Å². The second-order valence-electron chi connectivity index (χ2n) is 4.72. The second-order valence-corrected chi connectivity index (χ2v) is 4.72. The summed E-state index contributed by atoms with van der Waals surface area (Å²) in [4.78, 5) is 11.8. The normalized spacial score (nSPS) is 24.7.